The van der Waals surface area contributed by atoms with E-state index in [0.29, 0.717) is 5.69 Å². The van der Waals surface area contributed by atoms with Crippen LogP contribution in [0, 0.1) is 0 Å². The van der Waals surface area contributed by atoms with E-state index >= 15 is 0 Å². The fraction of sp³-hybridized carbons (Fsp3) is 0.385. The molecule has 5 nitrogen and oxygen atoms in total. The second kappa shape index (κ2) is 4.78. The van der Waals surface area contributed by atoms with E-state index in [4.69, 9.17) is 5.11 Å². The molecule has 3 N–H and O–H groups in total. The van der Waals surface area contributed by atoms with E-state index in [2.05, 4.69) is 10.6 Å². The van der Waals surface area contributed by atoms with Gasteiger partial charge in [-0.25, -0.2) is 4.79 Å². The normalized spacial score (nSPS) is 22.7. The summed E-state index contributed by atoms with van der Waals surface area (Å²) in [4.78, 5) is 23.2. The minimum atomic E-state index is -1.05. The van der Waals surface area contributed by atoms with Crippen molar-refractivity contribution in [1.82, 2.24) is 5.32 Å². The van der Waals surface area contributed by atoms with E-state index < -0.39 is 11.5 Å². The Morgan fingerprint density at radius 3 is 2.72 bits per heavy atom. The maximum absolute atomic E-state index is 12.1. The first-order valence-corrected chi connectivity index (χ1v) is 5.92. The maximum atomic E-state index is 12.1. The summed E-state index contributed by atoms with van der Waals surface area (Å²) in [5.41, 5.74) is -0.164. The highest BCUT2D eigenvalue weighted by Crippen LogP contribution is 2.22. The zero-order chi connectivity index (χ0) is 13.2. The predicted molar refractivity (Wildman–Crippen MR) is 67.7 cm³/mol. The number of amides is 1. The Morgan fingerprint density at radius 2 is 2.11 bits per heavy atom. The molecule has 1 saturated heterocycles. The molecule has 0 saturated carbocycles. The van der Waals surface area contributed by atoms with Crippen molar-refractivity contribution >= 4 is 17.6 Å². The fourth-order valence-electron chi connectivity index (χ4n) is 2.13. The summed E-state index contributed by atoms with van der Waals surface area (Å²) in [5.74, 6) is -1.23. The number of hydrogen-bond donors (Lipinski definition) is 3. The summed E-state index contributed by atoms with van der Waals surface area (Å²) in [6.45, 7) is 2.64. The molecule has 1 aromatic rings. The van der Waals surface area contributed by atoms with Crippen LogP contribution in [0.1, 0.15) is 30.1 Å². The van der Waals surface area contributed by atoms with Crippen LogP contribution >= 0.6 is 0 Å². The summed E-state index contributed by atoms with van der Waals surface area (Å²) in [7, 11) is 0. The lowest BCUT2D eigenvalue weighted by molar-refractivity contribution is -0.121. The Labute approximate surface area is 105 Å². The molecule has 1 atom stereocenters. The third-order valence-corrected chi connectivity index (χ3v) is 3.28. The van der Waals surface area contributed by atoms with Crippen LogP contribution in [-0.2, 0) is 4.79 Å². The molecule has 1 aromatic carbocycles. The minimum Gasteiger partial charge on any atom is -0.478 e. The molecule has 1 amide bonds. The zero-order valence-corrected chi connectivity index (χ0v) is 10.2. The predicted octanol–water partition coefficient (Wildman–Crippen LogP) is 1.47. The van der Waals surface area contributed by atoms with Crippen molar-refractivity contribution in [2.45, 2.75) is 25.3 Å². The lowest BCUT2D eigenvalue weighted by Crippen LogP contribution is -2.48. The largest absolute Gasteiger partial charge is 0.478 e. The van der Waals surface area contributed by atoms with Crippen LogP contribution in [0.2, 0.25) is 0 Å². The molecule has 1 aliphatic heterocycles. The second-order valence-electron chi connectivity index (χ2n) is 4.67. The van der Waals surface area contributed by atoms with Gasteiger partial charge >= 0.3 is 5.97 Å². The van der Waals surface area contributed by atoms with Crippen LogP contribution in [0.4, 0.5) is 5.69 Å². The van der Waals surface area contributed by atoms with Crippen molar-refractivity contribution < 1.29 is 14.7 Å². The summed E-state index contributed by atoms with van der Waals surface area (Å²) >= 11 is 0. The smallest absolute Gasteiger partial charge is 0.337 e. The summed E-state index contributed by atoms with van der Waals surface area (Å²) in [6, 6.07) is 6.41. The van der Waals surface area contributed by atoms with Crippen molar-refractivity contribution in [2.75, 3.05) is 11.9 Å². The number of benzene rings is 1. The van der Waals surface area contributed by atoms with E-state index in [1.54, 1.807) is 18.2 Å². The highest BCUT2D eigenvalue weighted by atomic mass is 16.4. The molecule has 0 aliphatic carbocycles. The van der Waals surface area contributed by atoms with Gasteiger partial charge in [-0.05, 0) is 38.4 Å². The Balaban J connectivity index is 2.19. The van der Waals surface area contributed by atoms with Crippen LogP contribution in [-0.4, -0.2) is 29.1 Å². The van der Waals surface area contributed by atoms with E-state index in [-0.39, 0.29) is 11.5 Å². The number of anilines is 1. The molecule has 1 heterocycles. The van der Waals surface area contributed by atoms with E-state index in [1.807, 2.05) is 6.92 Å². The number of carboxylic acid groups (broad SMARTS) is 1. The highest BCUT2D eigenvalue weighted by Gasteiger charge is 2.36. The van der Waals surface area contributed by atoms with Crippen LogP contribution in [0.15, 0.2) is 24.3 Å². The molecular weight excluding hydrogens is 232 g/mol. The van der Waals surface area contributed by atoms with Gasteiger partial charge in [-0.2, -0.15) is 0 Å². The van der Waals surface area contributed by atoms with Gasteiger partial charge in [0.05, 0.1) is 16.8 Å². The SMILES string of the molecule is CC1(C(=O)Nc2ccccc2C(=O)O)CCCN1. The molecule has 0 bridgehead atoms. The number of carbonyl (C=O) groups is 2. The molecular formula is C13H16N2O3. The standard InChI is InChI=1S/C13H16N2O3/c1-13(7-4-8-14-13)12(18)15-10-6-3-2-5-9(10)11(16)17/h2-3,5-6,14H,4,7-8H2,1H3,(H,15,18)(H,16,17). The van der Waals surface area contributed by atoms with Gasteiger partial charge in [0.25, 0.3) is 0 Å². The number of carboxylic acids is 1. The lowest BCUT2D eigenvalue weighted by Gasteiger charge is -2.23. The molecule has 1 fully saturated rings. The molecule has 1 unspecified atom stereocenters. The number of carbonyl (C=O) groups excluding carboxylic acids is 1. The number of nitrogens with one attached hydrogen (secondary N) is 2. The van der Waals surface area contributed by atoms with Gasteiger partial charge in [-0.15, -0.1) is 0 Å². The average molecular weight is 248 g/mol. The van der Waals surface area contributed by atoms with Gasteiger partial charge in [0, 0.05) is 0 Å². The average Bonchev–Trinajstić information content (AvgIpc) is 2.78. The van der Waals surface area contributed by atoms with Crippen molar-refractivity contribution in [2.24, 2.45) is 0 Å². The maximum Gasteiger partial charge on any atom is 0.337 e. The molecule has 1 aliphatic rings. The molecule has 0 spiro atoms. The molecule has 18 heavy (non-hydrogen) atoms. The fourth-order valence-corrected chi connectivity index (χ4v) is 2.13. The first-order chi connectivity index (χ1) is 8.53. The van der Waals surface area contributed by atoms with Gasteiger partial charge in [0.1, 0.15) is 0 Å². The molecule has 0 aromatic heterocycles. The summed E-state index contributed by atoms with van der Waals surface area (Å²) < 4.78 is 0. The summed E-state index contributed by atoms with van der Waals surface area (Å²) in [6.07, 6.45) is 1.71. The first kappa shape index (κ1) is 12.6. The van der Waals surface area contributed by atoms with Crippen LogP contribution in [0.5, 0.6) is 0 Å². The Morgan fingerprint density at radius 1 is 1.39 bits per heavy atom. The Hall–Kier alpha value is -1.88. The molecule has 2 rings (SSSR count). The van der Waals surface area contributed by atoms with E-state index in [1.165, 1.54) is 6.07 Å². The van der Waals surface area contributed by atoms with Crippen molar-refractivity contribution in [1.29, 1.82) is 0 Å². The molecule has 96 valence electrons. The van der Waals surface area contributed by atoms with Crippen molar-refractivity contribution in [3.63, 3.8) is 0 Å². The minimum absolute atomic E-state index is 0.104. The third kappa shape index (κ3) is 2.36. The quantitative estimate of drug-likeness (QED) is 0.756. The first-order valence-electron chi connectivity index (χ1n) is 5.92. The third-order valence-electron chi connectivity index (χ3n) is 3.28. The van der Waals surface area contributed by atoms with Gasteiger partial charge in [0.15, 0.2) is 0 Å². The number of aromatic carboxylic acids is 1. The summed E-state index contributed by atoms with van der Waals surface area (Å²) in [5, 5.41) is 14.9. The monoisotopic (exact) mass is 248 g/mol. The van der Waals surface area contributed by atoms with Crippen LogP contribution < -0.4 is 10.6 Å². The number of para-hydroxylation sites is 1. The van der Waals surface area contributed by atoms with Gasteiger partial charge < -0.3 is 15.7 Å². The van der Waals surface area contributed by atoms with E-state index in [0.717, 1.165) is 19.4 Å². The topological polar surface area (TPSA) is 78.4 Å². The zero-order valence-electron chi connectivity index (χ0n) is 10.2. The number of rotatable bonds is 3. The van der Waals surface area contributed by atoms with Crippen molar-refractivity contribution in [3.05, 3.63) is 29.8 Å². The van der Waals surface area contributed by atoms with Gasteiger partial charge in [0.2, 0.25) is 5.91 Å². The van der Waals surface area contributed by atoms with Gasteiger partial charge in [-0.3, -0.25) is 4.79 Å². The lowest BCUT2D eigenvalue weighted by atomic mass is 9.99. The second-order valence-corrected chi connectivity index (χ2v) is 4.67. The number of hydrogen-bond acceptors (Lipinski definition) is 3. The van der Waals surface area contributed by atoms with E-state index in [9.17, 15) is 9.59 Å². The van der Waals surface area contributed by atoms with Gasteiger partial charge in [-0.1, -0.05) is 12.1 Å². The van der Waals surface area contributed by atoms with Crippen molar-refractivity contribution in [3.8, 4) is 0 Å². The highest BCUT2D eigenvalue weighted by molar-refractivity contribution is 6.03. The molecule has 5 heteroatoms. The Bertz CT molecular complexity index is 479. The van der Waals surface area contributed by atoms with Crippen LogP contribution in [0.25, 0.3) is 0 Å². The Kier molecular flexibility index (Phi) is 3.34. The van der Waals surface area contributed by atoms with Crippen LogP contribution in [0.3, 0.4) is 0 Å². The molecule has 0 radical (unpaired) electrons.